The number of para-hydroxylation sites is 1. The van der Waals surface area contributed by atoms with E-state index in [4.69, 9.17) is 14.2 Å². The summed E-state index contributed by atoms with van der Waals surface area (Å²) in [5.41, 5.74) is 5.51. The summed E-state index contributed by atoms with van der Waals surface area (Å²) < 4.78 is 19.5. The zero-order valence-corrected chi connectivity index (χ0v) is 18.6. The van der Waals surface area contributed by atoms with Gasteiger partial charge in [0.1, 0.15) is 12.4 Å². The van der Waals surface area contributed by atoms with Gasteiger partial charge in [-0.2, -0.15) is 0 Å². The monoisotopic (exact) mass is 431 g/mol. The summed E-state index contributed by atoms with van der Waals surface area (Å²) in [5, 5.41) is 1.26. The molecule has 166 valence electrons. The lowest BCUT2D eigenvalue weighted by Crippen LogP contribution is -2.50. The highest BCUT2D eigenvalue weighted by molar-refractivity contribution is 5.99. The smallest absolute Gasteiger partial charge is 0.337 e. The summed E-state index contributed by atoms with van der Waals surface area (Å²) in [5.74, 6) is 1.17. The lowest BCUT2D eigenvalue weighted by Gasteiger charge is -2.43. The molecule has 0 radical (unpaired) electrons. The highest BCUT2D eigenvalue weighted by Crippen LogP contribution is 2.49. The van der Waals surface area contributed by atoms with Crippen molar-refractivity contribution in [2.45, 2.75) is 44.6 Å². The molecule has 2 fully saturated rings. The molecular formula is C27H29NO4. The van der Waals surface area contributed by atoms with Gasteiger partial charge in [0.05, 0.1) is 37.0 Å². The third-order valence-corrected chi connectivity index (χ3v) is 7.52. The van der Waals surface area contributed by atoms with E-state index in [9.17, 15) is 4.79 Å². The second-order valence-electron chi connectivity index (χ2n) is 9.68. The molecule has 0 amide bonds. The minimum Gasteiger partial charge on any atom is -0.492 e. The number of aromatic nitrogens is 1. The Bertz CT molecular complexity index is 1180. The molecule has 1 spiro atoms. The number of methoxy groups -OCH3 is 1. The van der Waals surface area contributed by atoms with E-state index >= 15 is 0 Å². The number of esters is 1. The average Bonchev–Trinajstić information content (AvgIpc) is 3.12. The van der Waals surface area contributed by atoms with Crippen LogP contribution in [0.2, 0.25) is 0 Å². The second kappa shape index (κ2) is 7.66. The molecule has 1 saturated heterocycles. The van der Waals surface area contributed by atoms with E-state index in [1.54, 1.807) is 0 Å². The molecule has 5 heteroatoms. The second-order valence-corrected chi connectivity index (χ2v) is 9.68. The Morgan fingerprint density at radius 3 is 2.62 bits per heavy atom. The van der Waals surface area contributed by atoms with Gasteiger partial charge >= 0.3 is 5.97 Å². The Kier molecular flexibility index (Phi) is 4.76. The van der Waals surface area contributed by atoms with Crippen LogP contribution in [0.25, 0.3) is 22.2 Å². The number of hydrogen-bond donors (Lipinski definition) is 0. The summed E-state index contributed by atoms with van der Waals surface area (Å²) in [6.45, 7) is 2.86. The molecule has 2 aromatic carbocycles. The molecule has 0 bridgehead atoms. The Balaban J connectivity index is 1.66. The Hall–Kier alpha value is -2.79. The predicted molar refractivity (Wildman–Crippen MR) is 123 cm³/mol. The van der Waals surface area contributed by atoms with Gasteiger partial charge in [0.15, 0.2) is 0 Å². The van der Waals surface area contributed by atoms with Crippen molar-refractivity contribution in [3.05, 3.63) is 53.6 Å². The number of carbonyl (C=O) groups excluding carboxylic acids is 1. The highest BCUT2D eigenvalue weighted by Gasteiger charge is 2.43. The van der Waals surface area contributed by atoms with E-state index in [1.165, 1.54) is 55.9 Å². The molecule has 2 aliphatic heterocycles. The van der Waals surface area contributed by atoms with E-state index in [-0.39, 0.29) is 11.4 Å². The lowest BCUT2D eigenvalue weighted by atomic mass is 9.81. The SMILES string of the molecule is COC(=O)c1ccc2c(C3CCCCC3)c3n(c2c1)CC1(COC1)COc1ccccc1-3. The largest absolute Gasteiger partial charge is 0.492 e. The summed E-state index contributed by atoms with van der Waals surface area (Å²) >= 11 is 0. The minimum atomic E-state index is -0.294. The fourth-order valence-corrected chi connectivity index (χ4v) is 5.85. The van der Waals surface area contributed by atoms with Crippen LogP contribution < -0.4 is 4.74 Å². The molecule has 3 aromatic rings. The van der Waals surface area contributed by atoms with Crippen LogP contribution in [-0.4, -0.2) is 37.5 Å². The van der Waals surface area contributed by atoms with Crippen molar-refractivity contribution in [1.82, 2.24) is 4.57 Å². The summed E-state index contributed by atoms with van der Waals surface area (Å²) in [4.78, 5) is 12.4. The fraction of sp³-hybridized carbons (Fsp3) is 0.444. The summed E-state index contributed by atoms with van der Waals surface area (Å²) in [6, 6.07) is 14.5. The Labute approximate surface area is 188 Å². The highest BCUT2D eigenvalue weighted by atomic mass is 16.5. The molecule has 0 atom stereocenters. The van der Waals surface area contributed by atoms with Gasteiger partial charge in [0.2, 0.25) is 0 Å². The van der Waals surface area contributed by atoms with E-state index in [1.807, 2.05) is 18.2 Å². The van der Waals surface area contributed by atoms with Gasteiger partial charge in [0.25, 0.3) is 0 Å². The van der Waals surface area contributed by atoms with Gasteiger partial charge in [-0.15, -0.1) is 0 Å². The molecule has 1 aromatic heterocycles. The third kappa shape index (κ3) is 3.06. The van der Waals surface area contributed by atoms with Crippen molar-refractivity contribution in [2.75, 3.05) is 26.9 Å². The van der Waals surface area contributed by atoms with Crippen molar-refractivity contribution in [3.63, 3.8) is 0 Å². The van der Waals surface area contributed by atoms with Crippen molar-refractivity contribution in [1.29, 1.82) is 0 Å². The van der Waals surface area contributed by atoms with E-state index in [0.29, 0.717) is 31.3 Å². The Morgan fingerprint density at radius 1 is 1.06 bits per heavy atom. The van der Waals surface area contributed by atoms with Crippen LogP contribution in [0.5, 0.6) is 5.75 Å². The van der Waals surface area contributed by atoms with Crippen LogP contribution in [-0.2, 0) is 16.0 Å². The van der Waals surface area contributed by atoms with Gasteiger partial charge in [0, 0.05) is 23.0 Å². The minimum absolute atomic E-state index is 0.0423. The van der Waals surface area contributed by atoms with Crippen LogP contribution in [0, 0.1) is 5.41 Å². The average molecular weight is 432 g/mol. The number of rotatable bonds is 2. The number of nitrogens with zero attached hydrogens (tertiary/aromatic N) is 1. The number of ether oxygens (including phenoxy) is 3. The normalized spacial score (nSPS) is 19.9. The molecule has 0 N–H and O–H groups in total. The first-order chi connectivity index (χ1) is 15.7. The first kappa shape index (κ1) is 19.9. The topological polar surface area (TPSA) is 49.7 Å². The van der Waals surface area contributed by atoms with Crippen LogP contribution in [0.4, 0.5) is 0 Å². The molecule has 0 unspecified atom stereocenters. The van der Waals surface area contributed by atoms with Crippen LogP contribution in [0.15, 0.2) is 42.5 Å². The van der Waals surface area contributed by atoms with Crippen molar-refractivity contribution in [2.24, 2.45) is 5.41 Å². The molecule has 1 aliphatic carbocycles. The van der Waals surface area contributed by atoms with E-state index in [2.05, 4.69) is 28.8 Å². The van der Waals surface area contributed by atoms with Gasteiger partial charge in [-0.25, -0.2) is 4.79 Å². The Morgan fingerprint density at radius 2 is 1.88 bits per heavy atom. The molecular weight excluding hydrogens is 402 g/mol. The van der Waals surface area contributed by atoms with Gasteiger partial charge in [-0.1, -0.05) is 37.5 Å². The van der Waals surface area contributed by atoms with Crippen LogP contribution in [0.1, 0.15) is 53.9 Å². The molecule has 6 rings (SSSR count). The fourth-order valence-electron chi connectivity index (χ4n) is 5.85. The van der Waals surface area contributed by atoms with Gasteiger partial charge in [-0.3, -0.25) is 0 Å². The zero-order chi connectivity index (χ0) is 21.7. The van der Waals surface area contributed by atoms with Crippen molar-refractivity contribution in [3.8, 4) is 17.0 Å². The number of hydrogen-bond acceptors (Lipinski definition) is 4. The van der Waals surface area contributed by atoms with Gasteiger partial charge in [-0.05, 0) is 48.6 Å². The van der Waals surface area contributed by atoms with Crippen LogP contribution in [0.3, 0.4) is 0 Å². The number of benzene rings is 2. The van der Waals surface area contributed by atoms with E-state index in [0.717, 1.165) is 23.4 Å². The number of fused-ring (bicyclic) bond motifs is 5. The zero-order valence-electron chi connectivity index (χ0n) is 18.6. The first-order valence-electron chi connectivity index (χ1n) is 11.7. The van der Waals surface area contributed by atoms with Gasteiger partial charge < -0.3 is 18.8 Å². The predicted octanol–water partition coefficient (Wildman–Crippen LogP) is 5.55. The maximum atomic E-state index is 12.4. The first-order valence-corrected chi connectivity index (χ1v) is 11.7. The summed E-state index contributed by atoms with van der Waals surface area (Å²) in [6.07, 6.45) is 6.28. The summed E-state index contributed by atoms with van der Waals surface area (Å²) in [7, 11) is 1.44. The lowest BCUT2D eigenvalue weighted by molar-refractivity contribution is -0.140. The maximum Gasteiger partial charge on any atom is 0.337 e. The third-order valence-electron chi connectivity index (χ3n) is 7.52. The molecule has 1 saturated carbocycles. The molecule has 32 heavy (non-hydrogen) atoms. The van der Waals surface area contributed by atoms with Crippen LogP contribution >= 0.6 is 0 Å². The molecule has 5 nitrogen and oxygen atoms in total. The van der Waals surface area contributed by atoms with Crippen molar-refractivity contribution >= 4 is 16.9 Å². The number of carbonyl (C=O) groups is 1. The maximum absolute atomic E-state index is 12.4. The standard InChI is InChI=1S/C27H29NO4/c1-30-26(29)19-11-12-20-22(13-19)28-14-27(15-31-16-27)17-32-23-10-6-5-9-21(23)25(28)24(20)18-7-3-2-4-8-18/h5-6,9-13,18H,2-4,7-8,14-17H2,1H3. The van der Waals surface area contributed by atoms with Crippen molar-refractivity contribution < 1.29 is 19.0 Å². The molecule has 3 aliphatic rings. The molecule has 3 heterocycles. The quantitative estimate of drug-likeness (QED) is 0.499. The van der Waals surface area contributed by atoms with E-state index < -0.39 is 0 Å².